The predicted octanol–water partition coefficient (Wildman–Crippen LogP) is 1.99. The molecular formula is C12H12ClNO4. The molecule has 0 saturated heterocycles. The van der Waals surface area contributed by atoms with Gasteiger partial charge >= 0.3 is 5.97 Å². The first kappa shape index (κ1) is 12.7. The van der Waals surface area contributed by atoms with Gasteiger partial charge in [0.25, 0.3) is 5.91 Å². The Bertz CT molecular complexity index is 489. The molecule has 0 fully saturated rings. The number of nitrogens with one attached hydrogen (secondary N) is 1. The summed E-state index contributed by atoms with van der Waals surface area (Å²) >= 11 is 5.81. The lowest BCUT2D eigenvalue weighted by Crippen LogP contribution is -2.38. The fraction of sp³-hybridized carbons (Fsp3) is 0.333. The van der Waals surface area contributed by atoms with E-state index in [9.17, 15) is 9.59 Å². The summed E-state index contributed by atoms with van der Waals surface area (Å²) in [5.41, 5.74) is 0.507. The summed E-state index contributed by atoms with van der Waals surface area (Å²) in [5, 5.41) is 3.14. The second kappa shape index (κ2) is 5.27. The molecule has 0 spiro atoms. The maximum Gasteiger partial charge on any atom is 0.310 e. The van der Waals surface area contributed by atoms with E-state index in [0.717, 1.165) is 0 Å². The molecule has 1 aromatic carbocycles. The fourth-order valence-electron chi connectivity index (χ4n) is 1.63. The molecule has 1 aliphatic rings. The Labute approximate surface area is 109 Å². The molecule has 96 valence electrons. The van der Waals surface area contributed by atoms with E-state index in [2.05, 4.69) is 5.32 Å². The van der Waals surface area contributed by atoms with E-state index in [1.165, 1.54) is 0 Å². The number of benzene rings is 1. The van der Waals surface area contributed by atoms with Gasteiger partial charge in [-0.3, -0.25) is 9.59 Å². The molecule has 0 bridgehead atoms. The van der Waals surface area contributed by atoms with E-state index in [4.69, 9.17) is 21.1 Å². The van der Waals surface area contributed by atoms with Crippen LogP contribution in [0.3, 0.4) is 0 Å². The summed E-state index contributed by atoms with van der Waals surface area (Å²) < 4.78 is 10.2. The Balaban J connectivity index is 2.11. The third-order valence-corrected chi connectivity index (χ3v) is 2.65. The number of carbonyl (C=O) groups is 2. The average molecular weight is 270 g/mol. The number of halogens is 1. The van der Waals surface area contributed by atoms with Crippen molar-refractivity contribution in [2.45, 2.75) is 19.4 Å². The standard InChI is InChI=1S/C12H12ClNO4/c1-2-17-11(15)6-10-12(16)14-8-5-7(13)3-4-9(8)18-10/h3-5,10H,2,6H2,1H3,(H,14,16). The van der Waals surface area contributed by atoms with Crippen molar-refractivity contribution in [1.29, 1.82) is 0 Å². The molecule has 2 rings (SSSR count). The highest BCUT2D eigenvalue weighted by Crippen LogP contribution is 2.32. The lowest BCUT2D eigenvalue weighted by molar-refractivity contribution is -0.147. The Morgan fingerprint density at radius 3 is 3.06 bits per heavy atom. The highest BCUT2D eigenvalue weighted by atomic mass is 35.5. The van der Waals surface area contributed by atoms with Gasteiger partial charge in [-0.05, 0) is 25.1 Å². The summed E-state index contributed by atoms with van der Waals surface area (Å²) in [6, 6.07) is 4.89. The van der Waals surface area contributed by atoms with Gasteiger partial charge in [0.05, 0.1) is 18.7 Å². The normalized spacial score (nSPS) is 17.4. The van der Waals surface area contributed by atoms with Crippen molar-refractivity contribution in [3.8, 4) is 5.75 Å². The fourth-order valence-corrected chi connectivity index (χ4v) is 1.80. The van der Waals surface area contributed by atoms with Gasteiger partial charge in [0.1, 0.15) is 5.75 Å². The number of rotatable bonds is 3. The number of esters is 1. The lowest BCUT2D eigenvalue weighted by atomic mass is 10.1. The zero-order valence-electron chi connectivity index (χ0n) is 9.73. The maximum atomic E-state index is 11.7. The average Bonchev–Trinajstić information content (AvgIpc) is 2.31. The molecule has 0 aliphatic carbocycles. The van der Waals surface area contributed by atoms with Crippen LogP contribution in [0.1, 0.15) is 13.3 Å². The van der Waals surface area contributed by atoms with Gasteiger partial charge in [0.15, 0.2) is 6.10 Å². The van der Waals surface area contributed by atoms with E-state index in [1.807, 2.05) is 0 Å². The van der Waals surface area contributed by atoms with Crippen LogP contribution in [0.5, 0.6) is 5.75 Å². The van der Waals surface area contributed by atoms with E-state index >= 15 is 0 Å². The van der Waals surface area contributed by atoms with E-state index in [-0.39, 0.29) is 18.9 Å². The molecule has 0 saturated carbocycles. The van der Waals surface area contributed by atoms with E-state index in [1.54, 1.807) is 25.1 Å². The molecule has 1 unspecified atom stereocenters. The van der Waals surface area contributed by atoms with Gasteiger partial charge in [-0.1, -0.05) is 11.6 Å². The van der Waals surface area contributed by atoms with Crippen LogP contribution in [-0.4, -0.2) is 24.6 Å². The Morgan fingerprint density at radius 2 is 2.33 bits per heavy atom. The van der Waals surface area contributed by atoms with Crippen LogP contribution >= 0.6 is 11.6 Å². The number of anilines is 1. The van der Waals surface area contributed by atoms with Crippen molar-refractivity contribution in [3.05, 3.63) is 23.2 Å². The van der Waals surface area contributed by atoms with Gasteiger partial charge in [0.2, 0.25) is 0 Å². The molecule has 0 aromatic heterocycles. The van der Waals surface area contributed by atoms with Crippen LogP contribution in [0.2, 0.25) is 5.02 Å². The van der Waals surface area contributed by atoms with Gasteiger partial charge in [-0.25, -0.2) is 0 Å². The number of hydrogen-bond donors (Lipinski definition) is 1. The summed E-state index contributed by atoms with van der Waals surface area (Å²) in [4.78, 5) is 23.0. The third kappa shape index (κ3) is 2.73. The third-order valence-electron chi connectivity index (χ3n) is 2.42. The first-order valence-electron chi connectivity index (χ1n) is 5.53. The van der Waals surface area contributed by atoms with Crippen molar-refractivity contribution in [2.75, 3.05) is 11.9 Å². The number of hydrogen-bond acceptors (Lipinski definition) is 4. The minimum Gasteiger partial charge on any atom is -0.478 e. The molecule has 1 heterocycles. The minimum absolute atomic E-state index is 0.109. The molecule has 0 radical (unpaired) electrons. The summed E-state index contributed by atoms with van der Waals surface area (Å²) in [5.74, 6) is -0.346. The number of fused-ring (bicyclic) bond motifs is 1. The van der Waals surface area contributed by atoms with Crippen LogP contribution in [0.4, 0.5) is 5.69 Å². The largest absolute Gasteiger partial charge is 0.478 e. The first-order valence-corrected chi connectivity index (χ1v) is 5.90. The molecule has 1 atom stereocenters. The Hall–Kier alpha value is -1.75. The summed E-state index contributed by atoms with van der Waals surface area (Å²) in [7, 11) is 0. The Kier molecular flexibility index (Phi) is 3.72. The number of carbonyl (C=O) groups excluding carboxylic acids is 2. The van der Waals surface area contributed by atoms with E-state index < -0.39 is 12.1 Å². The minimum atomic E-state index is -0.863. The number of amides is 1. The molecule has 6 heteroatoms. The lowest BCUT2D eigenvalue weighted by Gasteiger charge is -2.25. The molecule has 1 N–H and O–H groups in total. The Morgan fingerprint density at radius 1 is 1.56 bits per heavy atom. The highest BCUT2D eigenvalue weighted by molar-refractivity contribution is 6.31. The zero-order valence-corrected chi connectivity index (χ0v) is 10.5. The molecule has 5 nitrogen and oxygen atoms in total. The zero-order chi connectivity index (χ0) is 13.1. The molecule has 1 aromatic rings. The molecule has 1 amide bonds. The van der Waals surface area contributed by atoms with Crippen LogP contribution in [0.15, 0.2) is 18.2 Å². The van der Waals surface area contributed by atoms with Crippen LogP contribution < -0.4 is 10.1 Å². The van der Waals surface area contributed by atoms with Crippen molar-refractivity contribution < 1.29 is 19.1 Å². The van der Waals surface area contributed by atoms with Crippen LogP contribution in [-0.2, 0) is 14.3 Å². The SMILES string of the molecule is CCOC(=O)CC1Oc2ccc(Cl)cc2NC1=O. The smallest absolute Gasteiger partial charge is 0.310 e. The van der Waals surface area contributed by atoms with Gasteiger partial charge in [-0.2, -0.15) is 0 Å². The predicted molar refractivity (Wildman–Crippen MR) is 65.7 cm³/mol. The second-order valence-corrected chi connectivity index (χ2v) is 4.18. The van der Waals surface area contributed by atoms with Gasteiger partial charge < -0.3 is 14.8 Å². The maximum absolute atomic E-state index is 11.7. The molecule has 1 aliphatic heterocycles. The van der Waals surface area contributed by atoms with Gasteiger partial charge in [-0.15, -0.1) is 0 Å². The highest BCUT2D eigenvalue weighted by Gasteiger charge is 2.30. The first-order chi connectivity index (χ1) is 8.60. The van der Waals surface area contributed by atoms with Crippen LogP contribution in [0.25, 0.3) is 0 Å². The van der Waals surface area contributed by atoms with Crippen molar-refractivity contribution >= 4 is 29.2 Å². The topological polar surface area (TPSA) is 64.6 Å². The quantitative estimate of drug-likeness (QED) is 0.853. The number of ether oxygens (including phenoxy) is 2. The monoisotopic (exact) mass is 269 g/mol. The van der Waals surface area contributed by atoms with Crippen molar-refractivity contribution in [1.82, 2.24) is 0 Å². The second-order valence-electron chi connectivity index (χ2n) is 3.75. The summed E-state index contributed by atoms with van der Waals surface area (Å²) in [6.07, 6.45) is -0.973. The van der Waals surface area contributed by atoms with E-state index in [0.29, 0.717) is 16.5 Å². The van der Waals surface area contributed by atoms with Crippen LogP contribution in [0, 0.1) is 0 Å². The van der Waals surface area contributed by atoms with Crippen molar-refractivity contribution in [3.63, 3.8) is 0 Å². The summed E-state index contributed by atoms with van der Waals surface area (Å²) in [6.45, 7) is 1.98. The molecule has 18 heavy (non-hydrogen) atoms. The molecular weight excluding hydrogens is 258 g/mol. The van der Waals surface area contributed by atoms with Crippen molar-refractivity contribution in [2.24, 2.45) is 0 Å². The van der Waals surface area contributed by atoms with Gasteiger partial charge in [0, 0.05) is 5.02 Å².